The molecule has 0 bridgehead atoms. The molecule has 1 unspecified atom stereocenters. The number of halogens is 4. The Bertz CT molecular complexity index is 199. The molecule has 0 saturated carbocycles. The zero-order valence-electron chi connectivity index (χ0n) is 8.23. The fourth-order valence-corrected chi connectivity index (χ4v) is 1.01. The van der Waals surface area contributed by atoms with Gasteiger partial charge in [-0.2, -0.15) is 13.2 Å². The molecule has 1 amide bonds. The first-order valence-corrected chi connectivity index (χ1v) is 4.75. The molecule has 7 heteroatoms. The van der Waals surface area contributed by atoms with Crippen molar-refractivity contribution in [3.63, 3.8) is 0 Å². The van der Waals surface area contributed by atoms with Crippen LogP contribution in [0.25, 0.3) is 0 Å². The molecule has 0 aromatic rings. The standard InChI is InChI=1S/C8H13ClF3NO2/c1-15-5-6(9)4-13-7(14)2-3-8(10,11)12/h6H,2-5H2,1H3,(H,13,14). The van der Waals surface area contributed by atoms with Gasteiger partial charge in [0.05, 0.1) is 18.4 Å². The number of ether oxygens (including phenoxy) is 1. The Kier molecular flexibility index (Phi) is 6.67. The van der Waals surface area contributed by atoms with Gasteiger partial charge in [-0.05, 0) is 0 Å². The van der Waals surface area contributed by atoms with Crippen molar-refractivity contribution in [1.82, 2.24) is 5.32 Å². The summed E-state index contributed by atoms with van der Waals surface area (Å²) < 4.78 is 39.8. The number of amides is 1. The van der Waals surface area contributed by atoms with Crippen LogP contribution < -0.4 is 5.32 Å². The molecular weight excluding hydrogens is 235 g/mol. The third-order valence-electron chi connectivity index (χ3n) is 1.50. The van der Waals surface area contributed by atoms with Crippen molar-refractivity contribution in [2.75, 3.05) is 20.3 Å². The molecule has 15 heavy (non-hydrogen) atoms. The van der Waals surface area contributed by atoms with E-state index in [0.717, 1.165) is 0 Å². The Labute approximate surface area is 90.9 Å². The van der Waals surface area contributed by atoms with Crippen LogP contribution in [0, 0.1) is 0 Å². The van der Waals surface area contributed by atoms with Gasteiger partial charge in [0.25, 0.3) is 0 Å². The summed E-state index contributed by atoms with van der Waals surface area (Å²) in [4.78, 5) is 10.9. The Balaban J connectivity index is 3.58. The first-order valence-electron chi connectivity index (χ1n) is 4.31. The minimum absolute atomic E-state index is 0.103. The van der Waals surface area contributed by atoms with E-state index in [0.29, 0.717) is 0 Å². The topological polar surface area (TPSA) is 38.3 Å². The van der Waals surface area contributed by atoms with E-state index in [-0.39, 0.29) is 13.2 Å². The molecule has 0 aromatic carbocycles. The summed E-state index contributed by atoms with van der Waals surface area (Å²) in [7, 11) is 1.45. The minimum Gasteiger partial charge on any atom is -0.383 e. The smallest absolute Gasteiger partial charge is 0.383 e. The van der Waals surface area contributed by atoms with E-state index >= 15 is 0 Å². The number of rotatable bonds is 6. The van der Waals surface area contributed by atoms with Gasteiger partial charge in [0.2, 0.25) is 5.91 Å². The second-order valence-electron chi connectivity index (χ2n) is 2.97. The van der Waals surface area contributed by atoms with Crippen LogP contribution in [-0.2, 0) is 9.53 Å². The Morgan fingerprint density at radius 3 is 2.60 bits per heavy atom. The lowest BCUT2D eigenvalue weighted by molar-refractivity contribution is -0.144. The molecule has 0 saturated heterocycles. The predicted molar refractivity (Wildman–Crippen MR) is 49.8 cm³/mol. The second-order valence-corrected chi connectivity index (χ2v) is 3.59. The molecular formula is C8H13ClF3NO2. The van der Waals surface area contributed by atoms with Crippen LogP contribution in [0.3, 0.4) is 0 Å². The highest BCUT2D eigenvalue weighted by Gasteiger charge is 2.27. The van der Waals surface area contributed by atoms with Crippen LogP contribution in [0.15, 0.2) is 0 Å². The van der Waals surface area contributed by atoms with Crippen LogP contribution in [0.5, 0.6) is 0 Å². The van der Waals surface area contributed by atoms with E-state index in [4.69, 9.17) is 11.6 Å². The third kappa shape index (κ3) is 9.81. The first-order chi connectivity index (χ1) is 6.85. The number of methoxy groups -OCH3 is 1. The highest BCUT2D eigenvalue weighted by atomic mass is 35.5. The van der Waals surface area contributed by atoms with Crippen molar-refractivity contribution < 1.29 is 22.7 Å². The normalized spacial score (nSPS) is 13.7. The van der Waals surface area contributed by atoms with Gasteiger partial charge in [-0.15, -0.1) is 11.6 Å². The van der Waals surface area contributed by atoms with Crippen molar-refractivity contribution in [3.05, 3.63) is 0 Å². The largest absolute Gasteiger partial charge is 0.389 e. The van der Waals surface area contributed by atoms with Crippen LogP contribution in [0.1, 0.15) is 12.8 Å². The van der Waals surface area contributed by atoms with E-state index in [1.165, 1.54) is 7.11 Å². The van der Waals surface area contributed by atoms with Gasteiger partial charge in [-0.1, -0.05) is 0 Å². The fraction of sp³-hybridized carbons (Fsp3) is 0.875. The van der Waals surface area contributed by atoms with Gasteiger partial charge < -0.3 is 10.1 Å². The van der Waals surface area contributed by atoms with E-state index in [2.05, 4.69) is 10.1 Å². The molecule has 0 spiro atoms. The van der Waals surface area contributed by atoms with Crippen molar-refractivity contribution in [2.24, 2.45) is 0 Å². The fourth-order valence-electron chi connectivity index (χ4n) is 0.808. The molecule has 3 nitrogen and oxygen atoms in total. The number of nitrogens with one attached hydrogen (secondary N) is 1. The number of carbonyl (C=O) groups is 1. The lowest BCUT2D eigenvalue weighted by atomic mass is 10.3. The zero-order valence-corrected chi connectivity index (χ0v) is 8.99. The molecule has 0 aliphatic heterocycles. The van der Waals surface area contributed by atoms with Gasteiger partial charge in [-0.25, -0.2) is 0 Å². The van der Waals surface area contributed by atoms with Crippen LogP contribution in [-0.4, -0.2) is 37.7 Å². The highest BCUT2D eigenvalue weighted by molar-refractivity contribution is 6.21. The second kappa shape index (κ2) is 6.90. The molecule has 1 atom stereocenters. The van der Waals surface area contributed by atoms with Gasteiger partial charge in [0, 0.05) is 20.1 Å². The van der Waals surface area contributed by atoms with E-state index < -0.39 is 30.3 Å². The Morgan fingerprint density at radius 1 is 1.53 bits per heavy atom. The summed E-state index contributed by atoms with van der Waals surface area (Å²) >= 11 is 5.65. The molecule has 0 fully saturated rings. The number of carbonyl (C=O) groups excluding carboxylic acids is 1. The Morgan fingerprint density at radius 2 is 2.13 bits per heavy atom. The Hall–Kier alpha value is -0.490. The molecule has 0 aliphatic carbocycles. The lowest BCUT2D eigenvalue weighted by Crippen LogP contribution is -2.32. The summed E-state index contributed by atoms with van der Waals surface area (Å²) in [6, 6.07) is 0. The van der Waals surface area contributed by atoms with E-state index in [9.17, 15) is 18.0 Å². The monoisotopic (exact) mass is 247 g/mol. The maximum absolute atomic E-state index is 11.7. The third-order valence-corrected chi connectivity index (χ3v) is 1.78. The molecule has 0 aliphatic rings. The molecule has 0 aromatic heterocycles. The van der Waals surface area contributed by atoms with Crippen molar-refractivity contribution >= 4 is 17.5 Å². The number of alkyl halides is 4. The maximum Gasteiger partial charge on any atom is 0.389 e. The molecule has 0 radical (unpaired) electrons. The SMILES string of the molecule is COCC(Cl)CNC(=O)CCC(F)(F)F. The summed E-state index contributed by atoms with van der Waals surface area (Å²) in [6.45, 7) is 0.340. The molecule has 0 heterocycles. The average Bonchev–Trinajstić information content (AvgIpc) is 2.11. The van der Waals surface area contributed by atoms with E-state index in [1.54, 1.807) is 0 Å². The minimum atomic E-state index is -4.30. The molecule has 0 rings (SSSR count). The van der Waals surface area contributed by atoms with Crippen LogP contribution >= 0.6 is 11.6 Å². The van der Waals surface area contributed by atoms with Crippen molar-refractivity contribution in [1.29, 1.82) is 0 Å². The van der Waals surface area contributed by atoms with Gasteiger partial charge in [-0.3, -0.25) is 4.79 Å². The highest BCUT2D eigenvalue weighted by Crippen LogP contribution is 2.20. The van der Waals surface area contributed by atoms with Crippen molar-refractivity contribution in [2.45, 2.75) is 24.4 Å². The van der Waals surface area contributed by atoms with Crippen molar-refractivity contribution in [3.8, 4) is 0 Å². The summed E-state index contributed by atoms with van der Waals surface area (Å²) in [6.07, 6.45) is -5.99. The molecule has 90 valence electrons. The summed E-state index contributed by atoms with van der Waals surface area (Å²) in [5.41, 5.74) is 0. The lowest BCUT2D eigenvalue weighted by Gasteiger charge is -2.10. The van der Waals surface area contributed by atoms with Crippen LogP contribution in [0.2, 0.25) is 0 Å². The van der Waals surface area contributed by atoms with E-state index in [1.807, 2.05) is 0 Å². The van der Waals surface area contributed by atoms with Crippen LogP contribution in [0.4, 0.5) is 13.2 Å². The number of hydrogen-bond acceptors (Lipinski definition) is 2. The summed E-state index contributed by atoms with van der Waals surface area (Å²) in [5, 5.41) is 1.86. The average molecular weight is 248 g/mol. The summed E-state index contributed by atoms with van der Waals surface area (Å²) in [5.74, 6) is -0.658. The predicted octanol–water partition coefficient (Wildman–Crippen LogP) is 1.70. The maximum atomic E-state index is 11.7. The first kappa shape index (κ1) is 14.5. The quantitative estimate of drug-likeness (QED) is 0.726. The zero-order chi connectivity index (χ0) is 11.9. The number of hydrogen-bond donors (Lipinski definition) is 1. The molecule has 1 N–H and O–H groups in total. The van der Waals surface area contributed by atoms with Gasteiger partial charge >= 0.3 is 6.18 Å². The van der Waals surface area contributed by atoms with Gasteiger partial charge in [0.15, 0.2) is 0 Å². The van der Waals surface area contributed by atoms with Gasteiger partial charge in [0.1, 0.15) is 0 Å².